The highest BCUT2D eigenvalue weighted by atomic mass is 19.4. The molecule has 2 bridgehead atoms. The number of halogens is 4. The fraction of sp³-hybridized carbons (Fsp3) is 0.600. The van der Waals surface area contributed by atoms with Crippen molar-refractivity contribution in [2.24, 2.45) is 10.7 Å². The van der Waals surface area contributed by atoms with E-state index in [1.807, 2.05) is 6.21 Å². The number of nitrogens with zero attached hydrogens (tertiary/aromatic N) is 4. The number of fused-ring (bicyclic) bond motifs is 3. The Morgan fingerprint density at radius 1 is 1.13 bits per heavy atom. The first-order valence-electron chi connectivity index (χ1n) is 16.6. The summed E-state index contributed by atoms with van der Waals surface area (Å²) in [4.78, 5) is 23.5. The molecule has 3 saturated heterocycles. The fourth-order valence-electron chi connectivity index (χ4n) is 7.71. The largest absolute Gasteiger partial charge is 0.416 e. The van der Waals surface area contributed by atoms with Crippen LogP contribution in [0.3, 0.4) is 0 Å². The summed E-state index contributed by atoms with van der Waals surface area (Å²) in [7, 11) is 1.73. The summed E-state index contributed by atoms with van der Waals surface area (Å²) >= 11 is 0. The molecule has 2 atom stereocenters. The number of anilines is 1. The zero-order valence-corrected chi connectivity index (χ0v) is 26.7. The lowest BCUT2D eigenvalue weighted by molar-refractivity contribution is -0.138. The summed E-state index contributed by atoms with van der Waals surface area (Å²) in [6.07, 6.45) is 3.26. The fourth-order valence-corrected chi connectivity index (χ4v) is 7.71. The van der Waals surface area contributed by atoms with E-state index in [9.17, 15) is 18.0 Å². The maximum Gasteiger partial charge on any atom is 0.416 e. The van der Waals surface area contributed by atoms with Crippen LogP contribution in [-0.2, 0) is 29.4 Å². The molecule has 3 fully saturated rings. The Morgan fingerprint density at radius 2 is 1.85 bits per heavy atom. The van der Waals surface area contributed by atoms with Crippen LogP contribution in [0.15, 0.2) is 41.4 Å². The molecular weight excluding hydrogens is 598 g/mol. The third-order valence-corrected chi connectivity index (χ3v) is 10.5. The number of rotatable bonds is 13. The van der Waals surface area contributed by atoms with E-state index in [-0.39, 0.29) is 37.6 Å². The van der Waals surface area contributed by atoms with Crippen LogP contribution in [0.25, 0.3) is 0 Å². The Balaban J connectivity index is 1.21. The van der Waals surface area contributed by atoms with Crippen LogP contribution in [0, 0.1) is 0 Å². The number of ether oxygens (including phenoxy) is 1. The minimum atomic E-state index is -4.60. The van der Waals surface area contributed by atoms with E-state index in [2.05, 4.69) is 16.8 Å². The molecule has 0 spiro atoms. The van der Waals surface area contributed by atoms with Crippen molar-refractivity contribution < 1.29 is 27.1 Å². The second-order valence-corrected chi connectivity index (χ2v) is 13.5. The Labute approximate surface area is 268 Å². The molecule has 0 aromatic heterocycles. The van der Waals surface area contributed by atoms with E-state index >= 15 is 4.39 Å². The Hall–Kier alpha value is -2.86. The predicted molar refractivity (Wildman–Crippen MR) is 171 cm³/mol. The monoisotopic (exact) mass is 643 g/mol. The second-order valence-electron chi connectivity index (χ2n) is 13.5. The summed E-state index contributed by atoms with van der Waals surface area (Å²) in [5.74, 6) is -0.479. The number of aliphatic imine (C=N–C) groups is 1. The number of hydrogen-bond acceptors (Lipinski definition) is 6. The molecule has 0 saturated carbocycles. The van der Waals surface area contributed by atoms with Gasteiger partial charge in [-0.05, 0) is 86.5 Å². The lowest BCUT2D eigenvalue weighted by atomic mass is 9.73. The van der Waals surface area contributed by atoms with Crippen molar-refractivity contribution in [1.82, 2.24) is 9.80 Å². The highest BCUT2D eigenvalue weighted by molar-refractivity contribution is 6.10. The van der Waals surface area contributed by atoms with Crippen molar-refractivity contribution in [3.8, 4) is 0 Å². The van der Waals surface area contributed by atoms with E-state index in [0.29, 0.717) is 35.4 Å². The maximum absolute atomic E-state index is 16.3. The highest BCUT2D eigenvalue weighted by Gasteiger charge is 2.51. The number of nitrogens with two attached hydrogens (primary N) is 1. The van der Waals surface area contributed by atoms with Crippen molar-refractivity contribution in [2.45, 2.75) is 107 Å². The summed E-state index contributed by atoms with van der Waals surface area (Å²) in [6, 6.07) is 10.6. The number of carbonyl (C=O) groups is 1. The molecular formula is C35H45F4N5O2. The van der Waals surface area contributed by atoms with Gasteiger partial charge in [-0.1, -0.05) is 31.9 Å². The first-order chi connectivity index (χ1) is 22.0. The van der Waals surface area contributed by atoms with E-state index in [1.165, 1.54) is 11.0 Å². The molecule has 2 N–H and O–H groups in total. The summed E-state index contributed by atoms with van der Waals surface area (Å²) < 4.78 is 64.9. The summed E-state index contributed by atoms with van der Waals surface area (Å²) in [5, 5.41) is 0. The van der Waals surface area contributed by atoms with Crippen molar-refractivity contribution in [2.75, 3.05) is 31.8 Å². The molecule has 1 amide bonds. The van der Waals surface area contributed by atoms with Crippen molar-refractivity contribution in [3.63, 3.8) is 0 Å². The van der Waals surface area contributed by atoms with Crippen molar-refractivity contribution in [3.05, 3.63) is 64.2 Å². The van der Waals surface area contributed by atoms with Gasteiger partial charge in [0.05, 0.1) is 43.6 Å². The quantitative estimate of drug-likeness (QED) is 0.118. The predicted octanol–water partition coefficient (Wildman–Crippen LogP) is 6.42. The average molecular weight is 644 g/mol. The van der Waals surface area contributed by atoms with Gasteiger partial charge in [-0.15, -0.1) is 0 Å². The lowest BCUT2D eigenvalue weighted by Crippen LogP contribution is -2.62. The SMILES string of the molecule is CCCCC/C=N\CN(C)C(N)[C@H](F)C1(c2cccc(N3Cc4c(cc(CN5C6CCC5CC6)cc4C(F)(F)F)C3=O)c2)COC1. The van der Waals surface area contributed by atoms with E-state index < -0.39 is 35.4 Å². The second kappa shape index (κ2) is 13.3. The Kier molecular flexibility index (Phi) is 9.58. The number of amides is 1. The van der Waals surface area contributed by atoms with Gasteiger partial charge in [0.15, 0.2) is 0 Å². The molecule has 0 aliphatic carbocycles. The Morgan fingerprint density at radius 3 is 2.48 bits per heavy atom. The standard InChI is InChI=1S/C35H45F4N5O2/c1-3-4-5-6-14-41-22-42(2)32(40)31(36)34(20-46-21-34)24-8-7-9-27(17-24)44-19-29-28(33(44)45)15-23(16-30(29)35(37,38)39)18-43-25-10-11-26(43)13-12-25/h7-9,14-17,25-26,31-32H,3-6,10-13,18-22,40H2,1-2H3/b41-14-/t25?,26?,31-,32?/m0/s1. The van der Waals surface area contributed by atoms with Crippen LogP contribution in [0.4, 0.5) is 23.2 Å². The van der Waals surface area contributed by atoms with Gasteiger partial charge >= 0.3 is 6.18 Å². The first kappa shape index (κ1) is 33.1. The number of hydrogen-bond donors (Lipinski definition) is 1. The maximum atomic E-state index is 16.3. The minimum absolute atomic E-state index is 0.0139. The van der Waals surface area contributed by atoms with Crippen LogP contribution in [0.2, 0.25) is 0 Å². The van der Waals surface area contributed by atoms with E-state index in [1.54, 1.807) is 42.3 Å². The van der Waals surface area contributed by atoms with E-state index in [0.717, 1.165) is 51.4 Å². The normalized spacial score (nSPS) is 23.8. The molecule has 4 aliphatic heterocycles. The minimum Gasteiger partial charge on any atom is -0.379 e. The van der Waals surface area contributed by atoms with Gasteiger partial charge in [0.1, 0.15) is 6.17 Å². The number of alkyl halides is 4. The number of benzene rings is 2. The van der Waals surface area contributed by atoms with Gasteiger partial charge in [0, 0.05) is 36.1 Å². The smallest absolute Gasteiger partial charge is 0.379 e. The summed E-state index contributed by atoms with van der Waals surface area (Å²) in [5.41, 5.74) is 6.19. The van der Waals surface area contributed by atoms with Gasteiger partial charge in [0.25, 0.3) is 5.91 Å². The van der Waals surface area contributed by atoms with Gasteiger partial charge < -0.3 is 15.4 Å². The van der Waals surface area contributed by atoms with E-state index in [4.69, 9.17) is 10.5 Å². The van der Waals surface area contributed by atoms with Gasteiger partial charge in [-0.25, -0.2) is 4.39 Å². The van der Waals surface area contributed by atoms with Crippen molar-refractivity contribution >= 4 is 17.8 Å². The number of unbranched alkanes of at least 4 members (excludes halogenated alkanes) is 3. The average Bonchev–Trinajstić information content (AvgIpc) is 3.69. The molecule has 6 rings (SSSR count). The Bertz CT molecular complexity index is 1420. The highest BCUT2D eigenvalue weighted by Crippen LogP contribution is 2.44. The third-order valence-electron chi connectivity index (χ3n) is 10.5. The molecule has 2 aromatic rings. The molecule has 46 heavy (non-hydrogen) atoms. The van der Waals surface area contributed by atoms with Crippen LogP contribution < -0.4 is 10.6 Å². The first-order valence-corrected chi connectivity index (χ1v) is 16.6. The summed E-state index contributed by atoms with van der Waals surface area (Å²) in [6.45, 7) is 2.81. The zero-order chi connectivity index (χ0) is 32.6. The molecule has 4 heterocycles. The topological polar surface area (TPSA) is 74.4 Å². The zero-order valence-electron chi connectivity index (χ0n) is 26.7. The molecule has 7 nitrogen and oxygen atoms in total. The third kappa shape index (κ3) is 6.23. The van der Waals surface area contributed by atoms with Crippen LogP contribution >= 0.6 is 0 Å². The van der Waals surface area contributed by atoms with Crippen LogP contribution in [0.5, 0.6) is 0 Å². The van der Waals surface area contributed by atoms with Gasteiger partial charge in [-0.3, -0.25) is 19.6 Å². The van der Waals surface area contributed by atoms with Crippen LogP contribution in [-0.4, -0.2) is 73.3 Å². The van der Waals surface area contributed by atoms with Crippen LogP contribution in [0.1, 0.15) is 90.9 Å². The molecule has 2 aromatic carbocycles. The van der Waals surface area contributed by atoms with Crippen molar-refractivity contribution in [1.29, 1.82) is 0 Å². The lowest BCUT2D eigenvalue weighted by Gasteiger charge is -2.47. The molecule has 4 aliphatic rings. The molecule has 1 unspecified atom stereocenters. The molecule has 11 heteroatoms. The van der Waals surface area contributed by atoms with Gasteiger partial charge in [0.2, 0.25) is 0 Å². The van der Waals surface area contributed by atoms with Gasteiger partial charge in [-0.2, -0.15) is 13.2 Å². The molecule has 0 radical (unpaired) electrons. The number of carbonyl (C=O) groups excluding carboxylic acids is 1. The molecule has 250 valence electrons.